The highest BCUT2D eigenvalue weighted by Crippen LogP contribution is 2.42. The Bertz CT molecular complexity index is 324. The Morgan fingerprint density at radius 3 is 2.31 bits per heavy atom. The third-order valence-electron chi connectivity index (χ3n) is 2.79. The van der Waals surface area contributed by atoms with Crippen molar-refractivity contribution in [3.8, 4) is 0 Å². The molecule has 0 bridgehead atoms. The van der Waals surface area contributed by atoms with Crippen LogP contribution in [0.5, 0.6) is 0 Å². The summed E-state index contributed by atoms with van der Waals surface area (Å²) in [5, 5.41) is 0. The minimum Gasteiger partial charge on any atom is -0.0875 e. The van der Waals surface area contributed by atoms with E-state index in [1.54, 1.807) is 9.77 Å². The van der Waals surface area contributed by atoms with Crippen molar-refractivity contribution in [2.45, 2.75) is 59.3 Å². The first-order valence-electron chi connectivity index (χ1n) is 6.34. The molecule has 1 atom stereocenters. The molecule has 1 aliphatic rings. The minimum atomic E-state index is 0.224. The van der Waals surface area contributed by atoms with Crippen LogP contribution in [0.2, 0.25) is 0 Å². The topological polar surface area (TPSA) is 0 Å². The number of allylic oxidation sites excluding steroid dienone is 4. The SMILES string of the molecule is CCCCC1=CC(C)=CC(CCCC)=S1Br. The first-order valence-corrected chi connectivity index (χ1v) is 9.41. The molecule has 92 valence electrons. The Kier molecular flexibility index (Phi) is 6.67. The summed E-state index contributed by atoms with van der Waals surface area (Å²) in [5.41, 5.74) is 1.43. The number of hydrogen-bond donors (Lipinski definition) is 0. The molecular formula is C14H23BrS. The molecule has 1 unspecified atom stereocenters. The van der Waals surface area contributed by atoms with E-state index in [0.717, 1.165) is 0 Å². The van der Waals surface area contributed by atoms with Crippen LogP contribution in [-0.4, -0.2) is 4.86 Å². The predicted molar refractivity (Wildman–Crippen MR) is 82.4 cm³/mol. The first-order chi connectivity index (χ1) is 7.69. The molecule has 1 rings (SSSR count). The van der Waals surface area contributed by atoms with Gasteiger partial charge in [0.2, 0.25) is 0 Å². The zero-order valence-corrected chi connectivity index (χ0v) is 13.1. The molecule has 0 nitrogen and oxygen atoms in total. The summed E-state index contributed by atoms with van der Waals surface area (Å²) >= 11 is 3.89. The minimum absolute atomic E-state index is 0.224. The fourth-order valence-corrected chi connectivity index (χ4v) is 4.94. The zero-order valence-electron chi connectivity index (χ0n) is 10.7. The van der Waals surface area contributed by atoms with Gasteiger partial charge in [0.25, 0.3) is 0 Å². The van der Waals surface area contributed by atoms with E-state index < -0.39 is 0 Å². The van der Waals surface area contributed by atoms with Crippen LogP contribution in [0.25, 0.3) is 0 Å². The molecule has 1 heterocycles. The summed E-state index contributed by atoms with van der Waals surface area (Å²) < 4.78 is 0. The standard InChI is InChI=1S/C14H23BrS/c1-4-6-8-13-10-12(3)11-14(16(13)15)9-7-5-2/h10-11H,4-9H2,1-3H3. The Labute approximate surface area is 110 Å². The van der Waals surface area contributed by atoms with Gasteiger partial charge in [-0.15, -0.1) is 0 Å². The second kappa shape index (κ2) is 7.50. The Morgan fingerprint density at radius 1 is 1.06 bits per heavy atom. The highest BCUT2D eigenvalue weighted by atomic mass is 79.9. The lowest BCUT2D eigenvalue weighted by Crippen LogP contribution is -1.99. The smallest absolute Gasteiger partial charge is 0.00961 e. The van der Waals surface area contributed by atoms with Crippen LogP contribution in [0.15, 0.2) is 22.6 Å². The summed E-state index contributed by atoms with van der Waals surface area (Å²) in [6.07, 6.45) is 12.5. The van der Waals surface area contributed by atoms with Gasteiger partial charge in [-0.1, -0.05) is 35.6 Å². The molecule has 16 heavy (non-hydrogen) atoms. The summed E-state index contributed by atoms with van der Waals surface area (Å²) in [5.74, 6) is 0. The molecule has 0 aromatic rings. The maximum atomic E-state index is 3.89. The maximum absolute atomic E-state index is 3.89. The number of rotatable bonds is 6. The molecule has 0 saturated heterocycles. The average molecular weight is 303 g/mol. The molecule has 0 radical (unpaired) electrons. The predicted octanol–water partition coefficient (Wildman–Crippen LogP) is 5.96. The highest BCUT2D eigenvalue weighted by molar-refractivity contribution is 9.53. The van der Waals surface area contributed by atoms with Crippen molar-refractivity contribution in [3.05, 3.63) is 22.6 Å². The number of halogens is 1. The maximum Gasteiger partial charge on any atom is -0.00961 e. The molecule has 0 N–H and O–H groups in total. The summed E-state index contributed by atoms with van der Waals surface area (Å²) in [4.78, 5) is 3.21. The van der Waals surface area contributed by atoms with Gasteiger partial charge in [-0.3, -0.25) is 0 Å². The van der Waals surface area contributed by atoms with Crippen molar-refractivity contribution in [1.82, 2.24) is 0 Å². The van der Waals surface area contributed by atoms with Crippen molar-refractivity contribution in [2.75, 3.05) is 0 Å². The molecule has 2 heteroatoms. The lowest BCUT2D eigenvalue weighted by molar-refractivity contribution is 0.808. The number of unbranched alkanes of at least 4 members (excludes halogenated alkanes) is 2. The van der Waals surface area contributed by atoms with Crippen molar-refractivity contribution < 1.29 is 0 Å². The largest absolute Gasteiger partial charge is 0.0875 e. The fourth-order valence-electron chi connectivity index (χ4n) is 1.85. The van der Waals surface area contributed by atoms with Crippen molar-refractivity contribution in [2.24, 2.45) is 0 Å². The van der Waals surface area contributed by atoms with Gasteiger partial charge in [-0.05, 0) is 74.9 Å². The van der Waals surface area contributed by atoms with E-state index >= 15 is 0 Å². The van der Waals surface area contributed by atoms with E-state index in [9.17, 15) is 0 Å². The van der Waals surface area contributed by atoms with Gasteiger partial charge in [0, 0.05) is 0 Å². The van der Waals surface area contributed by atoms with E-state index in [1.807, 2.05) is 0 Å². The number of hydrogen-bond acceptors (Lipinski definition) is 0. The normalized spacial score (nSPS) is 20.8. The lowest BCUT2D eigenvalue weighted by atomic mass is 10.1. The molecule has 0 aromatic carbocycles. The quantitative estimate of drug-likeness (QED) is 0.531. The summed E-state index contributed by atoms with van der Waals surface area (Å²) in [6, 6.07) is 0. The van der Waals surface area contributed by atoms with Crippen LogP contribution < -0.4 is 0 Å². The van der Waals surface area contributed by atoms with Crippen LogP contribution in [0.3, 0.4) is 0 Å². The molecule has 0 saturated carbocycles. The summed E-state index contributed by atoms with van der Waals surface area (Å²) in [7, 11) is 0.224. The molecule has 1 aliphatic heterocycles. The zero-order chi connectivity index (χ0) is 12.0. The van der Waals surface area contributed by atoms with Crippen molar-refractivity contribution >= 4 is 28.6 Å². The van der Waals surface area contributed by atoms with Crippen molar-refractivity contribution in [3.63, 3.8) is 0 Å². The molecular weight excluding hydrogens is 280 g/mol. The van der Waals surface area contributed by atoms with Gasteiger partial charge in [-0.2, -0.15) is 0 Å². The van der Waals surface area contributed by atoms with Crippen molar-refractivity contribution in [1.29, 1.82) is 0 Å². The van der Waals surface area contributed by atoms with Crippen LogP contribution in [0, 0.1) is 0 Å². The highest BCUT2D eigenvalue weighted by Gasteiger charge is 2.10. The second-order valence-corrected chi connectivity index (χ2v) is 7.93. The Balaban J connectivity index is 2.78. The molecule has 0 aliphatic carbocycles. The van der Waals surface area contributed by atoms with E-state index in [1.165, 1.54) is 44.1 Å². The first kappa shape index (κ1) is 14.2. The second-order valence-electron chi connectivity index (χ2n) is 4.43. The van der Waals surface area contributed by atoms with Crippen LogP contribution in [-0.2, 0) is 0 Å². The van der Waals surface area contributed by atoms with Gasteiger partial charge in [-0.25, -0.2) is 0 Å². The third-order valence-corrected chi connectivity index (χ3v) is 6.85. The third kappa shape index (κ3) is 4.21. The molecule has 0 amide bonds. The van der Waals surface area contributed by atoms with Crippen LogP contribution >= 0.6 is 23.7 Å². The van der Waals surface area contributed by atoms with E-state index in [2.05, 4.69) is 47.7 Å². The molecule has 0 spiro atoms. The molecule has 0 fully saturated rings. The van der Waals surface area contributed by atoms with E-state index in [4.69, 9.17) is 0 Å². The van der Waals surface area contributed by atoms with Gasteiger partial charge >= 0.3 is 0 Å². The Morgan fingerprint density at radius 2 is 1.69 bits per heavy atom. The van der Waals surface area contributed by atoms with Gasteiger partial charge in [0.1, 0.15) is 0 Å². The van der Waals surface area contributed by atoms with Gasteiger partial charge < -0.3 is 0 Å². The monoisotopic (exact) mass is 302 g/mol. The van der Waals surface area contributed by atoms with Gasteiger partial charge in [0.05, 0.1) is 0 Å². The molecule has 0 aromatic heterocycles. The summed E-state index contributed by atoms with van der Waals surface area (Å²) in [6.45, 7) is 6.75. The Hall–Kier alpha value is 0.180. The van der Waals surface area contributed by atoms with Crippen LogP contribution in [0.1, 0.15) is 59.3 Å². The van der Waals surface area contributed by atoms with Crippen LogP contribution in [0.4, 0.5) is 0 Å². The van der Waals surface area contributed by atoms with E-state index in [-0.39, 0.29) is 8.92 Å². The van der Waals surface area contributed by atoms with E-state index in [0.29, 0.717) is 0 Å². The fraction of sp³-hybridized carbons (Fsp3) is 0.643. The van der Waals surface area contributed by atoms with Gasteiger partial charge in [0.15, 0.2) is 0 Å². The average Bonchev–Trinajstić information content (AvgIpc) is 2.28. The lowest BCUT2D eigenvalue weighted by Gasteiger charge is -2.17.